The number of hydrogen-bond donors (Lipinski definition) is 2. The molecular formula is C15H17Cl2NO4. The molecule has 1 aromatic carbocycles. The third kappa shape index (κ3) is 4.78. The minimum atomic E-state index is -0.912. The predicted octanol–water partition coefficient (Wildman–Crippen LogP) is 3.28. The number of ether oxygens (including phenoxy) is 1. The first kappa shape index (κ1) is 16.9. The molecule has 0 bridgehead atoms. The van der Waals surface area contributed by atoms with Crippen molar-refractivity contribution in [1.29, 1.82) is 0 Å². The molecule has 1 aliphatic rings. The fraction of sp³-hybridized carbons (Fsp3) is 0.467. The number of hydrogen-bond acceptors (Lipinski definition) is 3. The number of carboxylic acids is 1. The first-order chi connectivity index (χ1) is 10.4. The Hall–Kier alpha value is -1.46. The number of carbonyl (C=O) groups excluding carboxylic acids is 1. The van der Waals surface area contributed by atoms with Gasteiger partial charge < -0.3 is 15.2 Å². The molecule has 7 heteroatoms. The lowest BCUT2D eigenvalue weighted by molar-refractivity contribution is -0.139. The maximum Gasteiger partial charge on any atom is 0.305 e. The van der Waals surface area contributed by atoms with Gasteiger partial charge in [0, 0.05) is 10.0 Å². The van der Waals surface area contributed by atoms with Gasteiger partial charge in [-0.25, -0.2) is 0 Å². The van der Waals surface area contributed by atoms with Gasteiger partial charge in [0.25, 0.3) is 5.91 Å². The van der Waals surface area contributed by atoms with E-state index in [9.17, 15) is 9.59 Å². The Morgan fingerprint density at radius 3 is 2.32 bits per heavy atom. The van der Waals surface area contributed by atoms with Crippen LogP contribution in [0.2, 0.25) is 10.0 Å². The maximum atomic E-state index is 12.0. The molecule has 0 saturated heterocycles. The van der Waals surface area contributed by atoms with Crippen LogP contribution >= 0.6 is 23.2 Å². The van der Waals surface area contributed by atoms with E-state index in [1.807, 2.05) is 0 Å². The molecule has 0 aliphatic heterocycles. The second-order valence-corrected chi connectivity index (χ2v) is 6.37. The summed E-state index contributed by atoms with van der Waals surface area (Å²) < 4.78 is 5.36. The summed E-state index contributed by atoms with van der Waals surface area (Å²) in [5, 5.41) is 12.7. The van der Waals surface area contributed by atoms with Gasteiger partial charge in [0.05, 0.1) is 12.0 Å². The van der Waals surface area contributed by atoms with Gasteiger partial charge >= 0.3 is 5.97 Å². The van der Waals surface area contributed by atoms with Gasteiger partial charge in [-0.15, -0.1) is 0 Å². The van der Waals surface area contributed by atoms with Crippen LogP contribution in [0.25, 0.3) is 0 Å². The van der Waals surface area contributed by atoms with Crippen LogP contribution in [0.3, 0.4) is 0 Å². The largest absolute Gasteiger partial charge is 0.484 e. The molecule has 2 N–H and O–H groups in total. The highest BCUT2D eigenvalue weighted by Crippen LogP contribution is 2.32. The van der Waals surface area contributed by atoms with Crippen molar-refractivity contribution in [3.63, 3.8) is 0 Å². The van der Waals surface area contributed by atoms with Crippen LogP contribution in [0.1, 0.15) is 32.1 Å². The van der Waals surface area contributed by atoms with Gasteiger partial charge in [0.1, 0.15) is 5.75 Å². The van der Waals surface area contributed by atoms with E-state index in [1.54, 1.807) is 18.2 Å². The van der Waals surface area contributed by atoms with Crippen molar-refractivity contribution in [2.24, 2.45) is 0 Å². The molecular weight excluding hydrogens is 329 g/mol. The fourth-order valence-electron chi connectivity index (χ4n) is 2.78. The predicted molar refractivity (Wildman–Crippen MR) is 83.6 cm³/mol. The van der Waals surface area contributed by atoms with Crippen molar-refractivity contribution >= 4 is 35.1 Å². The Labute approximate surface area is 138 Å². The Kier molecular flexibility index (Phi) is 5.53. The summed E-state index contributed by atoms with van der Waals surface area (Å²) in [5.74, 6) is -0.865. The zero-order chi connectivity index (χ0) is 16.2. The number of aliphatic carboxylic acids is 1. The summed E-state index contributed by atoms with van der Waals surface area (Å²) >= 11 is 11.7. The maximum absolute atomic E-state index is 12.0. The number of carbonyl (C=O) groups is 2. The number of amides is 1. The van der Waals surface area contributed by atoms with Crippen LogP contribution in [0.15, 0.2) is 18.2 Å². The van der Waals surface area contributed by atoms with E-state index in [0.717, 1.165) is 12.8 Å². The zero-order valence-corrected chi connectivity index (χ0v) is 13.4. The van der Waals surface area contributed by atoms with Crippen LogP contribution in [-0.4, -0.2) is 29.1 Å². The number of rotatable bonds is 6. The lowest BCUT2D eigenvalue weighted by atomic mass is 9.93. The molecule has 0 atom stereocenters. The van der Waals surface area contributed by atoms with E-state index in [4.69, 9.17) is 33.0 Å². The highest BCUT2D eigenvalue weighted by atomic mass is 35.5. The second-order valence-electron chi connectivity index (χ2n) is 5.50. The first-order valence-corrected chi connectivity index (χ1v) is 7.76. The minimum absolute atomic E-state index is 0.0677. The van der Waals surface area contributed by atoms with Crippen LogP contribution in [0.4, 0.5) is 0 Å². The molecule has 2 rings (SSSR count). The van der Waals surface area contributed by atoms with Crippen molar-refractivity contribution in [1.82, 2.24) is 5.32 Å². The molecule has 1 fully saturated rings. The van der Waals surface area contributed by atoms with E-state index >= 15 is 0 Å². The molecule has 0 spiro atoms. The highest BCUT2D eigenvalue weighted by Gasteiger charge is 2.37. The van der Waals surface area contributed by atoms with Crippen LogP contribution in [0, 0.1) is 0 Å². The number of carboxylic acid groups (broad SMARTS) is 1. The summed E-state index contributed by atoms with van der Waals surface area (Å²) in [7, 11) is 0. The van der Waals surface area contributed by atoms with Crippen molar-refractivity contribution in [2.75, 3.05) is 6.61 Å². The van der Waals surface area contributed by atoms with Crippen molar-refractivity contribution in [2.45, 2.75) is 37.6 Å². The average Bonchev–Trinajstić information content (AvgIpc) is 2.82. The molecule has 120 valence electrons. The second kappa shape index (κ2) is 7.20. The Bertz CT molecular complexity index is 550. The van der Waals surface area contributed by atoms with E-state index in [1.165, 1.54) is 0 Å². The van der Waals surface area contributed by atoms with Gasteiger partial charge in [-0.2, -0.15) is 0 Å². The van der Waals surface area contributed by atoms with E-state index < -0.39 is 11.5 Å². The lowest BCUT2D eigenvalue weighted by Crippen LogP contribution is -2.49. The molecule has 1 amide bonds. The SMILES string of the molecule is O=C(O)CC1(NC(=O)COc2cc(Cl)cc(Cl)c2)CCCC1. The fourth-order valence-corrected chi connectivity index (χ4v) is 3.29. The van der Waals surface area contributed by atoms with E-state index in [-0.39, 0.29) is 18.9 Å². The molecule has 0 heterocycles. The van der Waals surface area contributed by atoms with Crippen molar-refractivity contribution < 1.29 is 19.4 Å². The third-order valence-electron chi connectivity index (χ3n) is 3.66. The monoisotopic (exact) mass is 345 g/mol. The topological polar surface area (TPSA) is 75.6 Å². The summed E-state index contributed by atoms with van der Waals surface area (Å²) in [4.78, 5) is 23.0. The summed E-state index contributed by atoms with van der Waals surface area (Å²) in [6.45, 7) is -0.210. The Morgan fingerprint density at radius 1 is 1.18 bits per heavy atom. The average molecular weight is 346 g/mol. The Morgan fingerprint density at radius 2 is 1.77 bits per heavy atom. The number of halogens is 2. The first-order valence-electron chi connectivity index (χ1n) is 7.00. The standard InChI is InChI=1S/C15H17Cl2NO4/c16-10-5-11(17)7-12(6-10)22-9-13(19)18-15(8-14(20)21)3-1-2-4-15/h5-7H,1-4,8-9H2,(H,18,19)(H,20,21). The third-order valence-corrected chi connectivity index (χ3v) is 4.10. The van der Waals surface area contributed by atoms with Gasteiger partial charge in [0.15, 0.2) is 6.61 Å². The molecule has 22 heavy (non-hydrogen) atoms. The molecule has 0 unspecified atom stereocenters. The van der Waals surface area contributed by atoms with Crippen molar-refractivity contribution in [3.8, 4) is 5.75 Å². The quantitative estimate of drug-likeness (QED) is 0.829. The summed E-state index contributed by atoms with van der Waals surface area (Å²) in [6.07, 6.45) is 3.11. The molecule has 0 aromatic heterocycles. The van der Waals surface area contributed by atoms with Gasteiger partial charge in [-0.3, -0.25) is 9.59 Å². The van der Waals surface area contributed by atoms with Crippen LogP contribution in [-0.2, 0) is 9.59 Å². The van der Waals surface area contributed by atoms with Gasteiger partial charge in [-0.1, -0.05) is 36.0 Å². The number of benzene rings is 1. The molecule has 1 aromatic rings. The highest BCUT2D eigenvalue weighted by molar-refractivity contribution is 6.34. The van der Waals surface area contributed by atoms with Crippen molar-refractivity contribution in [3.05, 3.63) is 28.2 Å². The molecule has 1 saturated carbocycles. The van der Waals surface area contributed by atoms with E-state index in [0.29, 0.717) is 28.6 Å². The Balaban J connectivity index is 1.92. The molecule has 0 radical (unpaired) electrons. The smallest absolute Gasteiger partial charge is 0.305 e. The summed E-state index contributed by atoms with van der Waals surface area (Å²) in [6, 6.07) is 4.68. The van der Waals surface area contributed by atoms with Gasteiger partial charge in [0.2, 0.25) is 0 Å². The lowest BCUT2D eigenvalue weighted by Gasteiger charge is -2.28. The van der Waals surface area contributed by atoms with Gasteiger partial charge in [-0.05, 0) is 31.0 Å². The number of nitrogens with one attached hydrogen (secondary N) is 1. The normalized spacial score (nSPS) is 16.3. The van der Waals surface area contributed by atoms with E-state index in [2.05, 4.69) is 5.32 Å². The zero-order valence-electron chi connectivity index (χ0n) is 11.9. The molecule has 5 nitrogen and oxygen atoms in total. The summed E-state index contributed by atoms with van der Waals surface area (Å²) in [5.41, 5.74) is -0.655. The minimum Gasteiger partial charge on any atom is -0.484 e. The molecule has 1 aliphatic carbocycles. The van der Waals surface area contributed by atoms with Crippen LogP contribution in [0.5, 0.6) is 5.75 Å². The van der Waals surface area contributed by atoms with Crippen LogP contribution < -0.4 is 10.1 Å².